The standard InChI is InChI=1S/C19H15BrO4/c1-10(2)17-16(21)14-8-9-15(11(3)18(14)24-17)23-19(22)12-4-6-13(20)7-5-12/h4-9H,1-3H3. The van der Waals surface area contributed by atoms with Gasteiger partial charge in [-0.25, -0.2) is 4.79 Å². The van der Waals surface area contributed by atoms with Crippen molar-refractivity contribution in [2.24, 2.45) is 0 Å². The van der Waals surface area contributed by atoms with Crippen LogP contribution in [0.3, 0.4) is 0 Å². The van der Waals surface area contributed by atoms with Crippen molar-refractivity contribution in [1.82, 2.24) is 0 Å². The van der Waals surface area contributed by atoms with Gasteiger partial charge in [-0.15, -0.1) is 0 Å². The molecule has 24 heavy (non-hydrogen) atoms. The lowest BCUT2D eigenvalue weighted by Gasteiger charge is -2.10. The summed E-state index contributed by atoms with van der Waals surface area (Å²) >= 11 is 3.32. The number of allylic oxidation sites excluding steroid dienone is 2. The molecular weight excluding hydrogens is 372 g/mol. The highest BCUT2D eigenvalue weighted by Gasteiger charge is 2.31. The average Bonchev–Trinajstić information content (AvgIpc) is 2.89. The molecule has 0 aliphatic carbocycles. The van der Waals surface area contributed by atoms with Crippen LogP contribution in [0.5, 0.6) is 11.5 Å². The van der Waals surface area contributed by atoms with E-state index in [0.29, 0.717) is 33.9 Å². The normalized spacial score (nSPS) is 12.7. The Balaban J connectivity index is 1.91. The largest absolute Gasteiger partial charge is 0.452 e. The maximum Gasteiger partial charge on any atom is 0.343 e. The van der Waals surface area contributed by atoms with E-state index in [-0.39, 0.29) is 5.78 Å². The molecule has 1 aliphatic heterocycles. The SMILES string of the molecule is CC(C)=C1Oc2c(ccc(OC(=O)c3ccc(Br)cc3)c2C)C1=O. The molecule has 1 aliphatic rings. The van der Waals surface area contributed by atoms with Crippen LogP contribution in [0.2, 0.25) is 0 Å². The number of rotatable bonds is 2. The number of ether oxygens (including phenoxy) is 2. The molecule has 2 aromatic carbocycles. The van der Waals surface area contributed by atoms with Crippen molar-refractivity contribution in [3.8, 4) is 11.5 Å². The molecule has 0 fully saturated rings. The van der Waals surface area contributed by atoms with E-state index in [0.717, 1.165) is 10.0 Å². The molecule has 4 nitrogen and oxygen atoms in total. The summed E-state index contributed by atoms with van der Waals surface area (Å²) in [6.45, 7) is 5.41. The summed E-state index contributed by atoms with van der Waals surface area (Å²) in [5.74, 6) is 0.572. The van der Waals surface area contributed by atoms with Crippen LogP contribution in [0, 0.1) is 6.92 Å². The van der Waals surface area contributed by atoms with E-state index in [9.17, 15) is 9.59 Å². The van der Waals surface area contributed by atoms with E-state index in [1.165, 1.54) is 0 Å². The van der Waals surface area contributed by atoms with Crippen molar-refractivity contribution >= 4 is 27.7 Å². The number of fused-ring (bicyclic) bond motifs is 1. The molecule has 0 amide bonds. The lowest BCUT2D eigenvalue weighted by molar-refractivity contribution is 0.0733. The van der Waals surface area contributed by atoms with E-state index in [1.807, 2.05) is 13.8 Å². The van der Waals surface area contributed by atoms with Crippen LogP contribution < -0.4 is 9.47 Å². The van der Waals surface area contributed by atoms with E-state index >= 15 is 0 Å². The predicted octanol–water partition coefficient (Wildman–Crippen LogP) is 4.85. The molecule has 2 aromatic rings. The number of halogens is 1. The molecule has 0 atom stereocenters. The van der Waals surface area contributed by atoms with Gasteiger partial charge in [0.1, 0.15) is 11.5 Å². The second-order valence-corrected chi connectivity index (χ2v) is 6.64. The Morgan fingerprint density at radius 3 is 2.38 bits per heavy atom. The Bertz CT molecular complexity index is 875. The Kier molecular flexibility index (Phi) is 4.28. The fourth-order valence-corrected chi connectivity index (χ4v) is 2.70. The van der Waals surface area contributed by atoms with Gasteiger partial charge in [-0.05, 0) is 62.7 Å². The van der Waals surface area contributed by atoms with Crippen molar-refractivity contribution in [3.63, 3.8) is 0 Å². The predicted molar refractivity (Wildman–Crippen MR) is 93.6 cm³/mol. The molecule has 0 bridgehead atoms. The molecule has 3 rings (SSSR count). The zero-order valence-corrected chi connectivity index (χ0v) is 15.1. The summed E-state index contributed by atoms with van der Waals surface area (Å²) in [6.07, 6.45) is 0. The van der Waals surface area contributed by atoms with Gasteiger partial charge in [0.05, 0.1) is 11.1 Å². The highest BCUT2D eigenvalue weighted by Crippen LogP contribution is 2.39. The van der Waals surface area contributed by atoms with Gasteiger partial charge >= 0.3 is 5.97 Å². The lowest BCUT2D eigenvalue weighted by Crippen LogP contribution is -2.09. The minimum atomic E-state index is -0.461. The molecule has 0 unspecified atom stereocenters. The van der Waals surface area contributed by atoms with Crippen LogP contribution in [-0.4, -0.2) is 11.8 Å². The van der Waals surface area contributed by atoms with Crippen LogP contribution in [0.1, 0.15) is 40.1 Å². The summed E-state index contributed by atoms with van der Waals surface area (Å²) in [5, 5.41) is 0. The first-order chi connectivity index (χ1) is 11.4. The smallest absolute Gasteiger partial charge is 0.343 e. The molecule has 0 saturated heterocycles. The Morgan fingerprint density at radius 1 is 1.08 bits per heavy atom. The van der Waals surface area contributed by atoms with E-state index < -0.39 is 5.97 Å². The van der Waals surface area contributed by atoms with Crippen molar-refractivity contribution < 1.29 is 19.1 Å². The van der Waals surface area contributed by atoms with Gasteiger partial charge in [0.25, 0.3) is 0 Å². The van der Waals surface area contributed by atoms with Crippen LogP contribution >= 0.6 is 15.9 Å². The van der Waals surface area contributed by atoms with Gasteiger partial charge in [0.2, 0.25) is 5.78 Å². The zero-order chi connectivity index (χ0) is 17.4. The Labute approximate surface area is 148 Å². The van der Waals surface area contributed by atoms with Crippen molar-refractivity contribution in [2.75, 3.05) is 0 Å². The van der Waals surface area contributed by atoms with Gasteiger partial charge < -0.3 is 9.47 Å². The third-order valence-corrected chi connectivity index (χ3v) is 4.28. The molecule has 0 spiro atoms. The maximum absolute atomic E-state index is 12.3. The molecule has 5 heteroatoms. The van der Waals surface area contributed by atoms with Gasteiger partial charge in [-0.1, -0.05) is 15.9 Å². The van der Waals surface area contributed by atoms with Crippen molar-refractivity contribution in [3.05, 3.63) is 68.9 Å². The minimum Gasteiger partial charge on any atom is -0.452 e. The van der Waals surface area contributed by atoms with Gasteiger partial charge in [-0.2, -0.15) is 0 Å². The highest BCUT2D eigenvalue weighted by molar-refractivity contribution is 9.10. The fraction of sp³-hybridized carbons (Fsp3) is 0.158. The summed E-state index contributed by atoms with van der Waals surface area (Å²) in [5.41, 5.74) is 2.37. The molecule has 0 saturated carbocycles. The monoisotopic (exact) mass is 386 g/mol. The van der Waals surface area contributed by atoms with E-state index in [4.69, 9.17) is 9.47 Å². The number of Topliss-reactive ketones (excluding diaryl/α,β-unsaturated/α-hetero) is 1. The number of esters is 1. The number of hydrogen-bond acceptors (Lipinski definition) is 4. The number of carbonyl (C=O) groups excluding carboxylic acids is 2. The minimum absolute atomic E-state index is 0.140. The quantitative estimate of drug-likeness (QED) is 0.420. The first-order valence-electron chi connectivity index (χ1n) is 7.40. The summed E-state index contributed by atoms with van der Waals surface area (Å²) in [7, 11) is 0. The topological polar surface area (TPSA) is 52.6 Å². The maximum atomic E-state index is 12.3. The van der Waals surface area contributed by atoms with Crippen LogP contribution in [0.15, 0.2) is 52.2 Å². The summed E-state index contributed by atoms with van der Waals surface area (Å²) in [4.78, 5) is 24.5. The second-order valence-electron chi connectivity index (χ2n) is 5.72. The summed E-state index contributed by atoms with van der Waals surface area (Å²) < 4.78 is 12.0. The fourth-order valence-electron chi connectivity index (χ4n) is 2.44. The molecule has 0 N–H and O–H groups in total. The van der Waals surface area contributed by atoms with Gasteiger partial charge in [0, 0.05) is 10.0 Å². The second kappa shape index (κ2) is 6.24. The molecule has 122 valence electrons. The van der Waals surface area contributed by atoms with Crippen LogP contribution in [0.4, 0.5) is 0 Å². The lowest BCUT2D eigenvalue weighted by atomic mass is 10.1. The third-order valence-electron chi connectivity index (χ3n) is 3.75. The third kappa shape index (κ3) is 2.87. The van der Waals surface area contributed by atoms with Gasteiger partial charge in [-0.3, -0.25) is 4.79 Å². The van der Waals surface area contributed by atoms with Crippen molar-refractivity contribution in [1.29, 1.82) is 0 Å². The first-order valence-corrected chi connectivity index (χ1v) is 8.19. The Morgan fingerprint density at radius 2 is 1.75 bits per heavy atom. The zero-order valence-electron chi connectivity index (χ0n) is 13.5. The average molecular weight is 387 g/mol. The number of hydrogen-bond donors (Lipinski definition) is 0. The molecule has 1 heterocycles. The van der Waals surface area contributed by atoms with Crippen LogP contribution in [-0.2, 0) is 0 Å². The first kappa shape index (κ1) is 16.5. The number of carbonyl (C=O) groups is 2. The van der Waals surface area contributed by atoms with E-state index in [1.54, 1.807) is 43.3 Å². The Hall–Kier alpha value is -2.40. The van der Waals surface area contributed by atoms with Crippen molar-refractivity contribution in [2.45, 2.75) is 20.8 Å². The number of ketones is 1. The highest BCUT2D eigenvalue weighted by atomic mass is 79.9. The van der Waals surface area contributed by atoms with Crippen LogP contribution in [0.25, 0.3) is 0 Å². The summed E-state index contributed by atoms with van der Waals surface area (Å²) in [6, 6.07) is 10.2. The van der Waals surface area contributed by atoms with E-state index in [2.05, 4.69) is 15.9 Å². The molecule has 0 aromatic heterocycles. The number of benzene rings is 2. The van der Waals surface area contributed by atoms with Gasteiger partial charge in [0.15, 0.2) is 5.76 Å². The molecular formula is C19H15BrO4. The molecule has 0 radical (unpaired) electrons.